The Morgan fingerprint density at radius 1 is 1.18 bits per heavy atom. The summed E-state index contributed by atoms with van der Waals surface area (Å²) in [5.41, 5.74) is 3.72. The third-order valence-corrected chi connectivity index (χ3v) is 8.98. The molecule has 0 saturated heterocycles. The third kappa shape index (κ3) is 6.49. The zero-order valence-electron chi connectivity index (χ0n) is 19.1. The van der Waals surface area contributed by atoms with Gasteiger partial charge in [0, 0.05) is 7.11 Å². The zero-order chi connectivity index (χ0) is 23.8. The molecule has 2 heterocycles. The van der Waals surface area contributed by atoms with Gasteiger partial charge in [-0.15, -0.1) is 0 Å². The van der Waals surface area contributed by atoms with Crippen molar-refractivity contribution in [2.75, 3.05) is 45.3 Å². The first-order valence-corrected chi connectivity index (χ1v) is 13.6. The minimum atomic E-state index is -0.884. The number of aromatic nitrogens is 2. The summed E-state index contributed by atoms with van der Waals surface area (Å²) in [6.07, 6.45) is 3.69. The quantitative estimate of drug-likeness (QED) is 0.418. The standard InChI is InChI=1S/C25H27AsClN5O2/c1-33-15-13-32-11-8-18-6-7-20(16-19(18)9-12-32)30-25-29-17-22(27)24(31-25)26-21-4-2-3-5-23(21)34-14-10-28/h2-7,16-17,26H,8-9,11-15H2,1H3,(H,29,30,31). The monoisotopic (exact) mass is 539 g/mol. The number of benzene rings is 2. The number of hydrogen-bond donors (Lipinski definition) is 1. The van der Waals surface area contributed by atoms with E-state index in [9.17, 15) is 0 Å². The van der Waals surface area contributed by atoms with Crippen molar-refractivity contribution in [2.45, 2.75) is 12.8 Å². The first-order valence-electron chi connectivity index (χ1n) is 11.1. The number of ether oxygens (including phenoxy) is 2. The molecule has 1 N–H and O–H groups in total. The number of hydrogen-bond acceptors (Lipinski definition) is 7. The molecule has 0 aliphatic carbocycles. The Kier molecular flexibility index (Phi) is 8.78. The fraction of sp³-hybridized carbons (Fsp3) is 0.320. The van der Waals surface area contributed by atoms with Crippen LogP contribution in [0.4, 0.5) is 11.6 Å². The number of methoxy groups -OCH3 is 1. The van der Waals surface area contributed by atoms with Crippen molar-refractivity contribution in [3.63, 3.8) is 0 Å². The maximum absolute atomic E-state index is 8.84. The van der Waals surface area contributed by atoms with E-state index in [1.807, 2.05) is 30.3 Å². The topological polar surface area (TPSA) is 83.3 Å². The first kappa shape index (κ1) is 24.5. The summed E-state index contributed by atoms with van der Waals surface area (Å²) in [6, 6.07) is 16.2. The number of nitrogens with one attached hydrogen (secondary N) is 1. The summed E-state index contributed by atoms with van der Waals surface area (Å²) in [4.78, 5) is 11.6. The van der Waals surface area contributed by atoms with Gasteiger partial charge in [-0.2, -0.15) is 0 Å². The molecule has 1 aliphatic rings. The van der Waals surface area contributed by atoms with E-state index >= 15 is 0 Å². The van der Waals surface area contributed by atoms with Crippen LogP contribution in [0.5, 0.6) is 5.75 Å². The second kappa shape index (κ2) is 12.2. The Morgan fingerprint density at radius 2 is 2.00 bits per heavy atom. The zero-order valence-corrected chi connectivity index (χ0v) is 21.9. The van der Waals surface area contributed by atoms with Crippen LogP contribution in [0.15, 0.2) is 48.7 Å². The van der Waals surface area contributed by atoms with Crippen molar-refractivity contribution in [2.24, 2.45) is 0 Å². The van der Waals surface area contributed by atoms with Crippen molar-refractivity contribution >= 4 is 47.8 Å². The molecule has 0 saturated carbocycles. The van der Waals surface area contributed by atoms with Gasteiger partial charge >= 0.3 is 200 Å². The first-order chi connectivity index (χ1) is 16.7. The van der Waals surface area contributed by atoms with Gasteiger partial charge in [0.1, 0.15) is 0 Å². The van der Waals surface area contributed by atoms with Gasteiger partial charge in [-0.1, -0.05) is 0 Å². The Hall–Kier alpha value is -2.62. The van der Waals surface area contributed by atoms with Crippen LogP contribution in [0, 0.1) is 11.3 Å². The summed E-state index contributed by atoms with van der Waals surface area (Å²) >= 11 is 5.56. The Balaban J connectivity index is 1.48. The Bertz CT molecular complexity index is 1170. The van der Waals surface area contributed by atoms with Crippen molar-refractivity contribution in [3.05, 3.63) is 64.8 Å². The van der Waals surface area contributed by atoms with Crippen molar-refractivity contribution < 1.29 is 9.47 Å². The maximum atomic E-state index is 8.84. The van der Waals surface area contributed by atoms with Crippen LogP contribution in [-0.4, -0.2) is 70.6 Å². The SMILES string of the molecule is COCCN1CCc2ccc(Nc3ncc(Cl)c([AsH]c4ccccc4OCC#N)n3)cc2CC1. The second-order valence-electron chi connectivity index (χ2n) is 7.90. The predicted molar refractivity (Wildman–Crippen MR) is 136 cm³/mol. The van der Waals surface area contributed by atoms with Gasteiger partial charge in [0.2, 0.25) is 0 Å². The van der Waals surface area contributed by atoms with E-state index in [4.69, 9.17) is 31.3 Å². The van der Waals surface area contributed by atoms with Crippen LogP contribution in [-0.2, 0) is 17.6 Å². The number of para-hydroxylation sites is 1. The van der Waals surface area contributed by atoms with Crippen molar-refractivity contribution in [1.29, 1.82) is 5.26 Å². The molecule has 0 bridgehead atoms. The van der Waals surface area contributed by atoms with Gasteiger partial charge in [0.15, 0.2) is 0 Å². The molecule has 0 amide bonds. The summed E-state index contributed by atoms with van der Waals surface area (Å²) < 4.78 is 12.7. The van der Waals surface area contributed by atoms with Crippen LogP contribution in [0.25, 0.3) is 0 Å². The molecule has 0 radical (unpaired) electrons. The van der Waals surface area contributed by atoms with E-state index in [-0.39, 0.29) is 6.61 Å². The van der Waals surface area contributed by atoms with E-state index < -0.39 is 15.8 Å². The third-order valence-electron chi connectivity index (χ3n) is 5.65. The summed E-state index contributed by atoms with van der Waals surface area (Å²) in [5, 5.41) is 12.7. The molecular formula is C25H27AsClN5O2. The molecule has 1 aliphatic heterocycles. The molecular weight excluding hydrogens is 513 g/mol. The van der Waals surface area contributed by atoms with Crippen LogP contribution in [0.2, 0.25) is 5.02 Å². The molecule has 0 fully saturated rings. The van der Waals surface area contributed by atoms with E-state index in [1.165, 1.54) is 11.1 Å². The van der Waals surface area contributed by atoms with E-state index in [0.717, 1.165) is 53.6 Å². The Morgan fingerprint density at radius 3 is 2.82 bits per heavy atom. The fourth-order valence-electron chi connectivity index (χ4n) is 3.87. The second-order valence-corrected chi connectivity index (χ2v) is 11.0. The minimum absolute atomic E-state index is 0.00988. The van der Waals surface area contributed by atoms with Crippen molar-refractivity contribution in [3.8, 4) is 11.8 Å². The number of fused-ring (bicyclic) bond motifs is 1. The predicted octanol–water partition coefficient (Wildman–Crippen LogP) is 2.21. The van der Waals surface area contributed by atoms with E-state index in [2.05, 4.69) is 33.4 Å². The summed E-state index contributed by atoms with van der Waals surface area (Å²) in [5.74, 6) is 1.23. The number of nitrogens with zero attached hydrogens (tertiary/aromatic N) is 4. The average Bonchev–Trinajstić information content (AvgIpc) is 3.06. The number of rotatable bonds is 9. The van der Waals surface area contributed by atoms with Crippen LogP contribution in [0.1, 0.15) is 11.1 Å². The molecule has 34 heavy (non-hydrogen) atoms. The average molecular weight is 540 g/mol. The molecule has 176 valence electrons. The van der Waals surface area contributed by atoms with Gasteiger partial charge < -0.3 is 4.74 Å². The van der Waals surface area contributed by atoms with E-state index in [1.54, 1.807) is 13.3 Å². The molecule has 2 aromatic carbocycles. The molecule has 1 unspecified atom stereocenters. The van der Waals surface area contributed by atoms with Gasteiger partial charge in [-0.3, -0.25) is 0 Å². The van der Waals surface area contributed by atoms with Gasteiger partial charge in [0.25, 0.3) is 0 Å². The van der Waals surface area contributed by atoms with Crippen LogP contribution >= 0.6 is 11.6 Å². The molecule has 3 aromatic rings. The Labute approximate surface area is 211 Å². The summed E-state index contributed by atoms with van der Waals surface area (Å²) in [6.45, 7) is 3.81. The number of anilines is 2. The van der Waals surface area contributed by atoms with Crippen molar-refractivity contribution in [1.82, 2.24) is 14.9 Å². The van der Waals surface area contributed by atoms with Gasteiger partial charge in [-0.25, -0.2) is 0 Å². The van der Waals surface area contributed by atoms with E-state index in [0.29, 0.717) is 16.7 Å². The molecule has 1 aromatic heterocycles. The normalized spacial score (nSPS) is 13.9. The van der Waals surface area contributed by atoms with Gasteiger partial charge in [-0.05, 0) is 0 Å². The van der Waals surface area contributed by atoms with Crippen LogP contribution in [0.3, 0.4) is 0 Å². The molecule has 0 spiro atoms. The van der Waals surface area contributed by atoms with Crippen LogP contribution < -0.4 is 18.9 Å². The molecule has 4 rings (SSSR count). The number of halogens is 1. The molecule has 9 heteroatoms. The molecule has 1 atom stereocenters. The molecule has 7 nitrogen and oxygen atoms in total. The number of nitriles is 1. The van der Waals surface area contributed by atoms with Gasteiger partial charge in [0.05, 0.1) is 0 Å². The fourth-order valence-corrected chi connectivity index (χ4v) is 6.43. The summed E-state index contributed by atoms with van der Waals surface area (Å²) in [7, 11) is 1.75.